The predicted octanol–water partition coefficient (Wildman–Crippen LogP) is 1.92. The Morgan fingerprint density at radius 2 is 1.91 bits per heavy atom. The zero-order valence-corrected chi connectivity index (χ0v) is 13.5. The van der Waals surface area contributed by atoms with Crippen molar-refractivity contribution in [2.45, 2.75) is 19.3 Å². The highest BCUT2D eigenvalue weighted by Gasteiger charge is 2.11. The minimum Gasteiger partial charge on any atom is -0.339 e. The van der Waals surface area contributed by atoms with Gasteiger partial charge in [-0.15, -0.1) is 12.4 Å². The topological polar surface area (TPSA) is 54.2 Å². The van der Waals surface area contributed by atoms with Crippen molar-refractivity contribution in [1.82, 2.24) is 20.4 Å². The molecule has 1 aromatic carbocycles. The molecule has 0 spiro atoms. The number of benzene rings is 1. The molecule has 0 bridgehead atoms. The van der Waals surface area contributed by atoms with Crippen molar-refractivity contribution in [1.29, 1.82) is 0 Å². The van der Waals surface area contributed by atoms with E-state index in [1.54, 1.807) is 0 Å². The number of nitrogens with zero attached hydrogens (tertiary/aromatic N) is 3. The van der Waals surface area contributed by atoms with Crippen LogP contribution >= 0.6 is 12.4 Å². The third-order valence-electron chi connectivity index (χ3n) is 3.79. The smallest absolute Gasteiger partial charge is 0.226 e. The van der Waals surface area contributed by atoms with E-state index in [1.165, 1.54) is 5.56 Å². The molecule has 1 aromatic heterocycles. The number of hydrogen-bond acceptors (Lipinski definition) is 5. The number of hydrogen-bond donors (Lipinski definition) is 1. The van der Waals surface area contributed by atoms with Gasteiger partial charge < -0.3 is 14.7 Å². The number of aromatic nitrogens is 2. The first-order valence-corrected chi connectivity index (χ1v) is 7.68. The third-order valence-corrected chi connectivity index (χ3v) is 3.79. The van der Waals surface area contributed by atoms with E-state index in [0.717, 1.165) is 63.7 Å². The molecule has 0 amide bonds. The Morgan fingerprint density at radius 3 is 2.68 bits per heavy atom. The summed E-state index contributed by atoms with van der Waals surface area (Å²) in [5, 5.41) is 7.43. The van der Waals surface area contributed by atoms with Crippen LogP contribution in [0.2, 0.25) is 0 Å². The first kappa shape index (κ1) is 16.9. The summed E-state index contributed by atoms with van der Waals surface area (Å²) < 4.78 is 5.33. The Labute approximate surface area is 137 Å². The van der Waals surface area contributed by atoms with Crippen molar-refractivity contribution in [3.8, 4) is 0 Å². The average molecular weight is 323 g/mol. The van der Waals surface area contributed by atoms with Gasteiger partial charge in [-0.1, -0.05) is 35.5 Å². The molecule has 5 nitrogen and oxygen atoms in total. The number of rotatable bonds is 6. The predicted molar refractivity (Wildman–Crippen MR) is 88.4 cm³/mol. The summed E-state index contributed by atoms with van der Waals surface area (Å²) in [5.41, 5.74) is 1.21. The summed E-state index contributed by atoms with van der Waals surface area (Å²) in [5.74, 6) is 1.54. The maximum Gasteiger partial charge on any atom is 0.226 e. The molecule has 0 radical (unpaired) electrons. The minimum atomic E-state index is 0. The summed E-state index contributed by atoms with van der Waals surface area (Å²) in [6.45, 7) is 5.59. The van der Waals surface area contributed by atoms with E-state index in [4.69, 9.17) is 4.52 Å². The van der Waals surface area contributed by atoms with Gasteiger partial charge in [-0.2, -0.15) is 4.98 Å². The van der Waals surface area contributed by atoms with Crippen LogP contribution in [-0.4, -0.2) is 47.8 Å². The second-order valence-corrected chi connectivity index (χ2v) is 5.46. The van der Waals surface area contributed by atoms with E-state index in [9.17, 15) is 0 Å². The maximum absolute atomic E-state index is 5.33. The van der Waals surface area contributed by atoms with Gasteiger partial charge in [0.05, 0.1) is 0 Å². The summed E-state index contributed by atoms with van der Waals surface area (Å²) >= 11 is 0. The Kier molecular flexibility index (Phi) is 6.83. The first-order chi connectivity index (χ1) is 10.4. The van der Waals surface area contributed by atoms with Crippen LogP contribution in [0.15, 0.2) is 34.9 Å². The molecule has 1 fully saturated rings. The van der Waals surface area contributed by atoms with Gasteiger partial charge in [-0.05, 0) is 18.5 Å². The van der Waals surface area contributed by atoms with Crippen LogP contribution in [0.1, 0.15) is 23.7 Å². The average Bonchev–Trinajstić information content (AvgIpc) is 2.97. The van der Waals surface area contributed by atoms with Crippen LogP contribution in [0.5, 0.6) is 0 Å². The van der Waals surface area contributed by atoms with Gasteiger partial charge in [0, 0.05) is 39.0 Å². The van der Waals surface area contributed by atoms with Gasteiger partial charge in [0.25, 0.3) is 0 Å². The van der Waals surface area contributed by atoms with Crippen molar-refractivity contribution in [2.24, 2.45) is 0 Å². The van der Waals surface area contributed by atoms with Gasteiger partial charge in [0.1, 0.15) is 0 Å². The minimum absolute atomic E-state index is 0. The van der Waals surface area contributed by atoms with Gasteiger partial charge in [-0.25, -0.2) is 0 Å². The molecular weight excluding hydrogens is 300 g/mol. The molecule has 1 aliphatic rings. The second kappa shape index (κ2) is 8.88. The van der Waals surface area contributed by atoms with Gasteiger partial charge in [-0.3, -0.25) is 0 Å². The molecular formula is C16H23ClN4O. The molecule has 0 aliphatic carbocycles. The Morgan fingerprint density at radius 1 is 1.14 bits per heavy atom. The number of halogens is 1. The van der Waals surface area contributed by atoms with Crippen molar-refractivity contribution in [2.75, 3.05) is 32.7 Å². The molecule has 0 saturated carbocycles. The molecule has 2 aromatic rings. The van der Waals surface area contributed by atoms with E-state index in [-0.39, 0.29) is 12.4 Å². The molecule has 1 saturated heterocycles. The first-order valence-electron chi connectivity index (χ1n) is 7.68. The monoisotopic (exact) mass is 322 g/mol. The van der Waals surface area contributed by atoms with Gasteiger partial charge >= 0.3 is 0 Å². The molecule has 3 rings (SSSR count). The van der Waals surface area contributed by atoms with Crippen LogP contribution < -0.4 is 5.32 Å². The number of piperazine rings is 1. The number of nitrogens with one attached hydrogen (secondary N) is 1. The van der Waals surface area contributed by atoms with Crippen molar-refractivity contribution < 1.29 is 4.52 Å². The van der Waals surface area contributed by atoms with Crippen molar-refractivity contribution in [3.05, 3.63) is 47.6 Å². The highest BCUT2D eigenvalue weighted by atomic mass is 35.5. The van der Waals surface area contributed by atoms with Crippen LogP contribution in [0.25, 0.3) is 0 Å². The van der Waals surface area contributed by atoms with E-state index in [0.29, 0.717) is 0 Å². The molecule has 0 atom stereocenters. The van der Waals surface area contributed by atoms with E-state index in [2.05, 4.69) is 32.5 Å². The van der Waals surface area contributed by atoms with Crippen LogP contribution in [0.3, 0.4) is 0 Å². The highest BCUT2D eigenvalue weighted by Crippen LogP contribution is 2.08. The summed E-state index contributed by atoms with van der Waals surface area (Å²) in [4.78, 5) is 6.96. The maximum atomic E-state index is 5.33. The lowest BCUT2D eigenvalue weighted by Crippen LogP contribution is -2.43. The zero-order chi connectivity index (χ0) is 14.3. The van der Waals surface area contributed by atoms with Crippen molar-refractivity contribution >= 4 is 12.4 Å². The molecule has 120 valence electrons. The van der Waals surface area contributed by atoms with Crippen LogP contribution in [0.4, 0.5) is 0 Å². The van der Waals surface area contributed by atoms with E-state index < -0.39 is 0 Å². The Balaban J connectivity index is 0.00000176. The Hall–Kier alpha value is -1.43. The lowest BCUT2D eigenvalue weighted by molar-refractivity contribution is 0.235. The summed E-state index contributed by atoms with van der Waals surface area (Å²) in [7, 11) is 0. The van der Waals surface area contributed by atoms with Crippen LogP contribution in [-0.2, 0) is 12.8 Å². The largest absolute Gasteiger partial charge is 0.339 e. The lowest BCUT2D eigenvalue weighted by atomic mass is 10.1. The normalized spacial score (nSPS) is 15.5. The van der Waals surface area contributed by atoms with Gasteiger partial charge in [0.2, 0.25) is 5.89 Å². The number of aryl methyl sites for hydroxylation is 1. The zero-order valence-electron chi connectivity index (χ0n) is 12.7. The fraction of sp³-hybridized carbons (Fsp3) is 0.500. The molecule has 0 unspecified atom stereocenters. The van der Waals surface area contributed by atoms with Gasteiger partial charge in [0.15, 0.2) is 5.82 Å². The van der Waals surface area contributed by atoms with E-state index >= 15 is 0 Å². The van der Waals surface area contributed by atoms with Crippen molar-refractivity contribution in [3.63, 3.8) is 0 Å². The summed E-state index contributed by atoms with van der Waals surface area (Å²) in [6.07, 6.45) is 2.68. The summed E-state index contributed by atoms with van der Waals surface area (Å²) in [6, 6.07) is 10.2. The highest BCUT2D eigenvalue weighted by molar-refractivity contribution is 5.85. The molecule has 2 heterocycles. The molecule has 1 N–H and O–H groups in total. The molecule has 22 heavy (non-hydrogen) atoms. The Bertz CT molecular complexity index is 540. The quantitative estimate of drug-likeness (QED) is 0.880. The molecule has 6 heteroatoms. The van der Waals surface area contributed by atoms with E-state index in [1.807, 2.05) is 18.2 Å². The fourth-order valence-electron chi connectivity index (χ4n) is 2.63. The van der Waals surface area contributed by atoms with Crippen LogP contribution in [0, 0.1) is 0 Å². The lowest BCUT2D eigenvalue weighted by Gasteiger charge is -2.26. The standard InChI is InChI=1S/C16H22N4O.ClH/c1-2-5-14(6-3-1)13-15-18-16(21-19-15)7-4-10-20-11-8-17-9-12-20;/h1-3,5-6,17H,4,7-13H2;1H. The second-order valence-electron chi connectivity index (χ2n) is 5.46. The fourth-order valence-corrected chi connectivity index (χ4v) is 2.63. The molecule has 1 aliphatic heterocycles. The third kappa shape index (κ3) is 5.09. The SMILES string of the molecule is Cl.c1ccc(Cc2noc(CCCN3CCNCC3)n2)cc1.